The third-order valence-corrected chi connectivity index (χ3v) is 6.61. The van der Waals surface area contributed by atoms with Gasteiger partial charge in [-0.05, 0) is 24.3 Å². The summed E-state index contributed by atoms with van der Waals surface area (Å²) in [6.07, 6.45) is 3.18. The second-order valence-electron chi connectivity index (χ2n) is 6.95. The van der Waals surface area contributed by atoms with Crippen LogP contribution in [-0.2, 0) is 11.3 Å². The molecule has 2 fully saturated rings. The third-order valence-electron chi connectivity index (χ3n) is 5.37. The largest absolute Gasteiger partial charge is 0.379 e. The zero-order valence-corrected chi connectivity index (χ0v) is 19.3. The molecule has 2 N–H and O–H groups in total. The number of fused-ring (bicyclic) bond motifs is 1. The number of thioether (sulfide) groups is 1. The van der Waals surface area contributed by atoms with Crippen LogP contribution in [0.25, 0.3) is 5.65 Å². The van der Waals surface area contributed by atoms with Gasteiger partial charge in [-0.2, -0.15) is 11.8 Å². The van der Waals surface area contributed by atoms with E-state index >= 15 is 0 Å². The first-order valence-electron chi connectivity index (χ1n) is 9.44. The molecule has 8 nitrogen and oxygen atoms in total. The highest BCUT2D eigenvalue weighted by Gasteiger charge is 2.40. The smallest absolute Gasteiger partial charge is 0.191 e. The molecule has 0 aromatic carbocycles. The first kappa shape index (κ1) is 21.6. The molecule has 154 valence electrons. The molecule has 28 heavy (non-hydrogen) atoms. The normalized spacial score (nSPS) is 23.5. The van der Waals surface area contributed by atoms with Gasteiger partial charge in [0.05, 0.1) is 19.8 Å². The zero-order valence-electron chi connectivity index (χ0n) is 16.1. The molecular weight excluding hydrogens is 489 g/mol. The topological polar surface area (TPSA) is 79.1 Å². The molecule has 1 unspecified atom stereocenters. The summed E-state index contributed by atoms with van der Waals surface area (Å²) in [6.45, 7) is 5.16. The minimum atomic E-state index is 0. The molecule has 0 radical (unpaired) electrons. The fourth-order valence-electron chi connectivity index (χ4n) is 3.78. The van der Waals surface area contributed by atoms with E-state index in [0.717, 1.165) is 56.0 Å². The van der Waals surface area contributed by atoms with Gasteiger partial charge < -0.3 is 15.4 Å². The Morgan fingerprint density at radius 2 is 2.14 bits per heavy atom. The molecule has 0 amide bonds. The molecule has 2 aromatic rings. The molecule has 0 saturated carbocycles. The molecule has 2 aliphatic heterocycles. The Balaban J connectivity index is 0.00000225. The highest BCUT2D eigenvalue weighted by atomic mass is 127. The highest BCUT2D eigenvalue weighted by Crippen LogP contribution is 2.33. The van der Waals surface area contributed by atoms with Crippen LogP contribution >= 0.6 is 35.7 Å². The standard InChI is InChI=1S/C18H27N7OS.HI/c1-19-17(20-12-16-23-22-15-4-2-3-6-25(15)16)21-13-18(5-11-27-14-18)24-7-9-26-10-8-24;/h2-4,6H,5,7-14H2,1H3,(H2,19,20,21);1H. The number of hydrogen-bond donors (Lipinski definition) is 2. The van der Waals surface area contributed by atoms with E-state index in [1.54, 1.807) is 0 Å². The maximum absolute atomic E-state index is 5.55. The molecule has 4 rings (SSSR count). The Morgan fingerprint density at radius 1 is 1.29 bits per heavy atom. The van der Waals surface area contributed by atoms with Crippen LogP contribution in [0.3, 0.4) is 0 Å². The number of ether oxygens (including phenoxy) is 1. The summed E-state index contributed by atoms with van der Waals surface area (Å²) in [4.78, 5) is 6.99. The predicted molar refractivity (Wildman–Crippen MR) is 124 cm³/mol. The maximum atomic E-state index is 5.55. The summed E-state index contributed by atoms with van der Waals surface area (Å²) in [5, 5.41) is 15.4. The van der Waals surface area contributed by atoms with Crippen molar-refractivity contribution in [1.29, 1.82) is 0 Å². The van der Waals surface area contributed by atoms with Gasteiger partial charge in [0.25, 0.3) is 0 Å². The fourth-order valence-corrected chi connectivity index (χ4v) is 5.26. The van der Waals surface area contributed by atoms with Crippen LogP contribution in [0.4, 0.5) is 0 Å². The molecule has 2 aliphatic rings. The van der Waals surface area contributed by atoms with Gasteiger partial charge in [-0.15, -0.1) is 34.2 Å². The summed E-state index contributed by atoms with van der Waals surface area (Å²) >= 11 is 2.04. The van der Waals surface area contributed by atoms with E-state index in [1.807, 2.05) is 47.6 Å². The zero-order chi connectivity index (χ0) is 18.5. The van der Waals surface area contributed by atoms with E-state index in [-0.39, 0.29) is 29.5 Å². The van der Waals surface area contributed by atoms with Gasteiger partial charge in [-0.3, -0.25) is 14.3 Å². The van der Waals surface area contributed by atoms with Crippen LogP contribution in [0.1, 0.15) is 12.2 Å². The van der Waals surface area contributed by atoms with E-state index in [0.29, 0.717) is 6.54 Å². The number of nitrogens with one attached hydrogen (secondary N) is 2. The van der Waals surface area contributed by atoms with E-state index < -0.39 is 0 Å². The highest BCUT2D eigenvalue weighted by molar-refractivity contribution is 14.0. The Kier molecular flexibility index (Phi) is 7.77. The first-order chi connectivity index (χ1) is 13.3. The summed E-state index contributed by atoms with van der Waals surface area (Å²) in [7, 11) is 1.81. The van der Waals surface area contributed by atoms with E-state index in [4.69, 9.17) is 4.74 Å². The quantitative estimate of drug-likeness (QED) is 0.351. The number of guanidine groups is 1. The molecule has 4 heterocycles. The third kappa shape index (κ3) is 4.71. The van der Waals surface area contributed by atoms with Crippen molar-refractivity contribution < 1.29 is 4.74 Å². The van der Waals surface area contributed by atoms with Gasteiger partial charge in [0.2, 0.25) is 0 Å². The first-order valence-corrected chi connectivity index (χ1v) is 10.6. The summed E-state index contributed by atoms with van der Waals surface area (Å²) < 4.78 is 7.54. The molecule has 2 saturated heterocycles. The van der Waals surface area contributed by atoms with Crippen LogP contribution in [0, 0.1) is 0 Å². The summed E-state index contributed by atoms with van der Waals surface area (Å²) in [5.41, 5.74) is 1.04. The van der Waals surface area contributed by atoms with Gasteiger partial charge in [-0.25, -0.2) is 0 Å². The number of nitrogens with zero attached hydrogens (tertiary/aromatic N) is 5. The maximum Gasteiger partial charge on any atom is 0.191 e. The van der Waals surface area contributed by atoms with Gasteiger partial charge in [-0.1, -0.05) is 6.07 Å². The van der Waals surface area contributed by atoms with Crippen LogP contribution in [0.5, 0.6) is 0 Å². The molecule has 0 spiro atoms. The minimum absolute atomic E-state index is 0. The second-order valence-corrected chi connectivity index (χ2v) is 8.06. The number of aromatic nitrogens is 3. The lowest BCUT2D eigenvalue weighted by atomic mass is 9.95. The van der Waals surface area contributed by atoms with Crippen molar-refractivity contribution in [2.24, 2.45) is 4.99 Å². The minimum Gasteiger partial charge on any atom is -0.379 e. The van der Waals surface area contributed by atoms with Crippen molar-refractivity contribution in [3.05, 3.63) is 30.2 Å². The van der Waals surface area contributed by atoms with Gasteiger partial charge in [0.1, 0.15) is 0 Å². The van der Waals surface area contributed by atoms with Crippen molar-refractivity contribution in [3.63, 3.8) is 0 Å². The number of rotatable bonds is 5. The van der Waals surface area contributed by atoms with Crippen molar-refractivity contribution in [2.75, 3.05) is 51.4 Å². The lowest BCUT2D eigenvalue weighted by Gasteiger charge is -2.43. The number of hydrogen-bond acceptors (Lipinski definition) is 6. The van der Waals surface area contributed by atoms with E-state index in [2.05, 4.69) is 30.7 Å². The van der Waals surface area contributed by atoms with Gasteiger partial charge in [0.15, 0.2) is 17.4 Å². The predicted octanol–water partition coefficient (Wildman–Crippen LogP) is 1.22. The van der Waals surface area contributed by atoms with Gasteiger partial charge >= 0.3 is 0 Å². The van der Waals surface area contributed by atoms with Crippen LogP contribution in [0.2, 0.25) is 0 Å². The summed E-state index contributed by atoms with van der Waals surface area (Å²) in [6, 6.07) is 5.90. The van der Waals surface area contributed by atoms with Crippen LogP contribution < -0.4 is 10.6 Å². The van der Waals surface area contributed by atoms with Crippen LogP contribution in [-0.4, -0.2) is 82.4 Å². The molecule has 0 bridgehead atoms. The Morgan fingerprint density at radius 3 is 2.89 bits per heavy atom. The Labute approximate surface area is 186 Å². The van der Waals surface area contributed by atoms with Crippen molar-refractivity contribution in [2.45, 2.75) is 18.5 Å². The molecule has 2 aromatic heterocycles. The fraction of sp³-hybridized carbons (Fsp3) is 0.611. The molecular formula is C18H28IN7OS. The average Bonchev–Trinajstić information content (AvgIpc) is 3.37. The summed E-state index contributed by atoms with van der Waals surface area (Å²) in [5.74, 6) is 4.04. The van der Waals surface area contributed by atoms with Crippen molar-refractivity contribution in [1.82, 2.24) is 30.1 Å². The van der Waals surface area contributed by atoms with E-state index in [1.165, 1.54) is 12.2 Å². The number of aliphatic imine (C=N–C) groups is 1. The average molecular weight is 517 g/mol. The molecule has 0 aliphatic carbocycles. The van der Waals surface area contributed by atoms with Crippen molar-refractivity contribution in [3.8, 4) is 0 Å². The number of pyridine rings is 1. The Bertz CT molecular complexity index is 787. The number of halogens is 1. The van der Waals surface area contributed by atoms with E-state index in [9.17, 15) is 0 Å². The molecule has 1 atom stereocenters. The van der Waals surface area contributed by atoms with Crippen LogP contribution in [0.15, 0.2) is 29.4 Å². The Hall–Kier alpha value is -1.11. The van der Waals surface area contributed by atoms with Crippen molar-refractivity contribution >= 4 is 47.3 Å². The molecule has 10 heteroatoms. The van der Waals surface area contributed by atoms with Gasteiger partial charge in [0, 0.05) is 44.2 Å². The second kappa shape index (κ2) is 10.1. The lowest BCUT2D eigenvalue weighted by Crippen LogP contribution is -2.60. The SMILES string of the molecule is CN=C(NCc1nnc2ccccn12)NCC1(N2CCOCC2)CCSC1.I. The monoisotopic (exact) mass is 517 g/mol. The number of morpholine rings is 1. The lowest BCUT2D eigenvalue weighted by molar-refractivity contribution is -0.0120.